The van der Waals surface area contributed by atoms with Gasteiger partial charge in [0.1, 0.15) is 5.82 Å². The second-order valence-electron chi connectivity index (χ2n) is 3.24. The second-order valence-corrected chi connectivity index (χ2v) is 3.24. The molecule has 0 spiro atoms. The number of carbonyl (C=O) groups is 1. The first kappa shape index (κ1) is 11.5. The number of hydrogen-bond acceptors (Lipinski definition) is 2. The largest absolute Gasteiger partial charge is 0.374 e. The van der Waals surface area contributed by atoms with Crippen LogP contribution in [-0.4, -0.2) is 19.0 Å². The first-order valence-electron chi connectivity index (χ1n) is 4.90. The third-order valence-corrected chi connectivity index (χ3v) is 2.02. The van der Waals surface area contributed by atoms with E-state index in [0.717, 1.165) is 5.56 Å². The van der Waals surface area contributed by atoms with E-state index in [9.17, 15) is 9.18 Å². The van der Waals surface area contributed by atoms with E-state index < -0.39 is 0 Å². The number of hydrogen-bond donors (Lipinski definition) is 2. The molecule has 0 aliphatic heterocycles. The zero-order chi connectivity index (χ0) is 11.3. The summed E-state index contributed by atoms with van der Waals surface area (Å²) in [4.78, 5) is 11.1. The minimum absolute atomic E-state index is 0.0929. The highest BCUT2D eigenvalue weighted by atomic mass is 19.1. The van der Waals surface area contributed by atoms with Crippen molar-refractivity contribution in [2.24, 2.45) is 0 Å². The third kappa shape index (κ3) is 3.23. The van der Waals surface area contributed by atoms with Crippen LogP contribution in [0.4, 0.5) is 10.1 Å². The molecular weight excluding hydrogens is 195 g/mol. The highest BCUT2D eigenvalue weighted by Gasteiger charge is 2.06. The first-order chi connectivity index (χ1) is 7.15. The second kappa shape index (κ2) is 5.34. The Hall–Kier alpha value is -1.58. The number of amides is 1. The lowest BCUT2D eigenvalue weighted by molar-refractivity contribution is -0.119. The Balaban J connectivity index is 2.61. The Morgan fingerprint density at radius 2 is 2.20 bits per heavy atom. The van der Waals surface area contributed by atoms with Crippen molar-refractivity contribution < 1.29 is 9.18 Å². The van der Waals surface area contributed by atoms with Gasteiger partial charge in [-0.3, -0.25) is 4.79 Å². The van der Waals surface area contributed by atoms with Crippen LogP contribution in [0.1, 0.15) is 12.5 Å². The minimum Gasteiger partial charge on any atom is -0.374 e. The van der Waals surface area contributed by atoms with Gasteiger partial charge in [-0.2, -0.15) is 0 Å². The first-order valence-corrected chi connectivity index (χ1v) is 4.90. The summed E-state index contributed by atoms with van der Waals surface area (Å²) in [5, 5.41) is 5.41. The predicted octanol–water partition coefficient (Wildman–Crippen LogP) is 1.68. The number of carbonyl (C=O) groups excluding carboxylic acids is 1. The molecule has 2 N–H and O–H groups in total. The van der Waals surface area contributed by atoms with Crippen LogP contribution in [0.25, 0.3) is 0 Å². The Bertz CT molecular complexity index is 332. The molecule has 0 radical (unpaired) electrons. The average Bonchev–Trinajstić information content (AvgIpc) is 2.17. The summed E-state index contributed by atoms with van der Waals surface area (Å²) in [6, 6.07) is 4.80. The summed E-state index contributed by atoms with van der Waals surface area (Å²) >= 11 is 0. The van der Waals surface area contributed by atoms with Crippen molar-refractivity contribution in [1.29, 1.82) is 0 Å². The molecule has 15 heavy (non-hydrogen) atoms. The van der Waals surface area contributed by atoms with Crippen LogP contribution < -0.4 is 10.6 Å². The monoisotopic (exact) mass is 210 g/mol. The summed E-state index contributed by atoms with van der Waals surface area (Å²) in [5.41, 5.74) is 1.18. The number of benzene rings is 1. The number of nitrogens with one attached hydrogen (secondary N) is 2. The molecule has 0 aliphatic rings. The summed E-state index contributed by atoms with van der Waals surface area (Å²) in [6.45, 7) is 4.31. The molecule has 1 aromatic carbocycles. The normalized spacial score (nSPS) is 9.80. The van der Waals surface area contributed by atoms with Gasteiger partial charge in [0.05, 0.1) is 12.2 Å². The fourth-order valence-electron chi connectivity index (χ4n) is 1.28. The van der Waals surface area contributed by atoms with Crippen molar-refractivity contribution in [3.63, 3.8) is 0 Å². The summed E-state index contributed by atoms with van der Waals surface area (Å²) in [7, 11) is 0. The van der Waals surface area contributed by atoms with Gasteiger partial charge < -0.3 is 10.6 Å². The molecule has 0 bridgehead atoms. The lowest BCUT2D eigenvalue weighted by atomic mass is 10.2. The van der Waals surface area contributed by atoms with Crippen LogP contribution >= 0.6 is 0 Å². The maximum atomic E-state index is 13.3. The molecule has 82 valence electrons. The van der Waals surface area contributed by atoms with Gasteiger partial charge >= 0.3 is 0 Å². The average molecular weight is 210 g/mol. The van der Waals surface area contributed by atoms with Gasteiger partial charge in [0.15, 0.2) is 0 Å². The quantitative estimate of drug-likeness (QED) is 0.794. The standard InChI is InChI=1S/C11H15FN2O/c1-3-13-10(15)7-14-11-8(2)5-4-6-9(11)12/h4-6,14H,3,7H2,1-2H3,(H,13,15). The fraction of sp³-hybridized carbons (Fsp3) is 0.364. The molecule has 3 nitrogen and oxygen atoms in total. The predicted molar refractivity (Wildman–Crippen MR) is 58.3 cm³/mol. The number of rotatable bonds is 4. The Morgan fingerprint density at radius 1 is 1.47 bits per heavy atom. The van der Waals surface area contributed by atoms with E-state index in [0.29, 0.717) is 12.2 Å². The van der Waals surface area contributed by atoms with E-state index in [1.165, 1.54) is 6.07 Å². The van der Waals surface area contributed by atoms with Crippen LogP contribution in [0.2, 0.25) is 0 Å². The maximum Gasteiger partial charge on any atom is 0.239 e. The number of aryl methyl sites for hydroxylation is 1. The highest BCUT2D eigenvalue weighted by Crippen LogP contribution is 2.17. The number of likely N-dealkylation sites (N-methyl/N-ethyl adjacent to an activating group) is 1. The third-order valence-electron chi connectivity index (χ3n) is 2.02. The molecule has 0 unspecified atom stereocenters. The molecule has 1 aromatic rings. The van der Waals surface area contributed by atoms with E-state index in [-0.39, 0.29) is 18.3 Å². The van der Waals surface area contributed by atoms with Gasteiger partial charge in [-0.1, -0.05) is 12.1 Å². The van der Waals surface area contributed by atoms with Gasteiger partial charge in [0.2, 0.25) is 5.91 Å². The molecule has 1 amide bonds. The van der Waals surface area contributed by atoms with Gasteiger partial charge in [-0.25, -0.2) is 4.39 Å². The van der Waals surface area contributed by atoms with Crippen molar-refractivity contribution in [3.8, 4) is 0 Å². The SMILES string of the molecule is CCNC(=O)CNc1c(C)cccc1F. The van der Waals surface area contributed by atoms with E-state index >= 15 is 0 Å². The Kier molecular flexibility index (Phi) is 4.09. The summed E-state index contributed by atoms with van der Waals surface area (Å²) in [6.07, 6.45) is 0. The van der Waals surface area contributed by atoms with Gasteiger partial charge in [-0.15, -0.1) is 0 Å². The maximum absolute atomic E-state index is 13.3. The lowest BCUT2D eigenvalue weighted by Gasteiger charge is -2.09. The highest BCUT2D eigenvalue weighted by molar-refractivity contribution is 5.80. The lowest BCUT2D eigenvalue weighted by Crippen LogP contribution is -2.29. The van der Waals surface area contributed by atoms with Gasteiger partial charge in [0, 0.05) is 6.54 Å². The number of anilines is 1. The van der Waals surface area contributed by atoms with E-state index in [4.69, 9.17) is 0 Å². The molecule has 0 fully saturated rings. The topological polar surface area (TPSA) is 41.1 Å². The molecule has 1 rings (SSSR count). The minimum atomic E-state index is -0.334. The van der Waals surface area contributed by atoms with Crippen molar-refractivity contribution in [3.05, 3.63) is 29.6 Å². The van der Waals surface area contributed by atoms with Crippen molar-refractivity contribution in [2.75, 3.05) is 18.4 Å². The number of para-hydroxylation sites is 1. The molecule has 0 aromatic heterocycles. The fourth-order valence-corrected chi connectivity index (χ4v) is 1.28. The van der Waals surface area contributed by atoms with E-state index in [1.54, 1.807) is 19.1 Å². The molecule has 0 saturated carbocycles. The smallest absolute Gasteiger partial charge is 0.239 e. The van der Waals surface area contributed by atoms with Crippen LogP contribution in [0.3, 0.4) is 0 Å². The molecule has 0 saturated heterocycles. The van der Waals surface area contributed by atoms with Crippen LogP contribution in [0, 0.1) is 12.7 Å². The van der Waals surface area contributed by atoms with Crippen LogP contribution in [0.5, 0.6) is 0 Å². The van der Waals surface area contributed by atoms with Crippen LogP contribution in [-0.2, 0) is 4.79 Å². The number of halogens is 1. The molecule has 0 atom stereocenters. The summed E-state index contributed by atoms with van der Waals surface area (Å²) in [5.74, 6) is -0.473. The van der Waals surface area contributed by atoms with Crippen molar-refractivity contribution >= 4 is 11.6 Å². The summed E-state index contributed by atoms with van der Waals surface area (Å²) < 4.78 is 13.3. The molecule has 0 aliphatic carbocycles. The van der Waals surface area contributed by atoms with Crippen LogP contribution in [0.15, 0.2) is 18.2 Å². The zero-order valence-electron chi connectivity index (χ0n) is 8.93. The molecule has 0 heterocycles. The van der Waals surface area contributed by atoms with Crippen molar-refractivity contribution in [2.45, 2.75) is 13.8 Å². The van der Waals surface area contributed by atoms with E-state index in [1.807, 2.05) is 6.92 Å². The zero-order valence-corrected chi connectivity index (χ0v) is 8.93. The Labute approximate surface area is 88.7 Å². The van der Waals surface area contributed by atoms with Crippen molar-refractivity contribution in [1.82, 2.24) is 5.32 Å². The van der Waals surface area contributed by atoms with E-state index in [2.05, 4.69) is 10.6 Å². The van der Waals surface area contributed by atoms with Gasteiger partial charge in [0.25, 0.3) is 0 Å². The molecular formula is C11H15FN2O. The van der Waals surface area contributed by atoms with Gasteiger partial charge in [-0.05, 0) is 25.5 Å². The Morgan fingerprint density at radius 3 is 2.80 bits per heavy atom. The molecule has 4 heteroatoms.